The first-order chi connectivity index (χ1) is 8.29. The van der Waals surface area contributed by atoms with Gasteiger partial charge in [0.05, 0.1) is 5.60 Å². The Morgan fingerprint density at radius 3 is 2.71 bits per heavy atom. The van der Waals surface area contributed by atoms with E-state index >= 15 is 0 Å². The summed E-state index contributed by atoms with van der Waals surface area (Å²) in [6.07, 6.45) is 8.23. The maximum Gasteiger partial charge on any atom is 0.118 e. The van der Waals surface area contributed by atoms with E-state index in [0.29, 0.717) is 0 Å². The number of hydrogen-bond donors (Lipinski definition) is 1. The lowest BCUT2D eigenvalue weighted by Crippen LogP contribution is -2.51. The quantitative estimate of drug-likeness (QED) is 0.802. The fourth-order valence-electron chi connectivity index (χ4n) is 3.74. The Morgan fingerprint density at radius 2 is 2.06 bits per heavy atom. The third-order valence-electron chi connectivity index (χ3n) is 4.98. The Bertz CT molecular complexity index is 261. The molecule has 1 N–H and O–H groups in total. The van der Waals surface area contributed by atoms with Crippen molar-refractivity contribution >= 4 is 0 Å². The van der Waals surface area contributed by atoms with Gasteiger partial charge in [-0.3, -0.25) is 0 Å². The van der Waals surface area contributed by atoms with Crippen molar-refractivity contribution in [3.63, 3.8) is 0 Å². The molecule has 2 aliphatic heterocycles. The van der Waals surface area contributed by atoms with E-state index in [1.807, 2.05) is 0 Å². The van der Waals surface area contributed by atoms with Gasteiger partial charge in [-0.1, -0.05) is 6.42 Å². The lowest BCUT2D eigenvalue weighted by atomic mass is 9.70. The van der Waals surface area contributed by atoms with Crippen molar-refractivity contribution < 1.29 is 9.13 Å². The average Bonchev–Trinajstić information content (AvgIpc) is 2.37. The van der Waals surface area contributed by atoms with Crippen LogP contribution in [0.2, 0.25) is 0 Å². The first-order valence-electron chi connectivity index (χ1n) is 7.31. The lowest BCUT2D eigenvalue weighted by molar-refractivity contribution is -0.153. The summed E-state index contributed by atoms with van der Waals surface area (Å²) in [6.45, 7) is 1.78. The predicted octanol–water partition coefficient (Wildman–Crippen LogP) is 2.82. The summed E-state index contributed by atoms with van der Waals surface area (Å²) >= 11 is 0. The molecule has 2 nitrogen and oxygen atoms in total. The van der Waals surface area contributed by atoms with E-state index in [4.69, 9.17) is 4.74 Å². The molecular weight excluding hydrogens is 217 g/mol. The molecular formula is C14H24FNO. The summed E-state index contributed by atoms with van der Waals surface area (Å²) in [5, 5.41) is 3.36. The van der Waals surface area contributed by atoms with Crippen molar-refractivity contribution in [2.24, 2.45) is 5.92 Å². The Hall–Kier alpha value is -0.150. The first-order valence-corrected chi connectivity index (χ1v) is 7.31. The molecule has 0 aromatic rings. The zero-order chi connectivity index (χ0) is 11.7. The summed E-state index contributed by atoms with van der Waals surface area (Å²) in [6, 6.07) is 0.115. The molecule has 2 heterocycles. The van der Waals surface area contributed by atoms with Crippen LogP contribution < -0.4 is 5.32 Å². The van der Waals surface area contributed by atoms with Crippen molar-refractivity contribution in [1.82, 2.24) is 5.32 Å². The third-order valence-corrected chi connectivity index (χ3v) is 4.98. The maximum absolute atomic E-state index is 14.6. The number of rotatable bonds is 2. The van der Waals surface area contributed by atoms with Crippen molar-refractivity contribution in [3.05, 3.63) is 0 Å². The summed E-state index contributed by atoms with van der Waals surface area (Å²) in [4.78, 5) is 0. The second kappa shape index (κ2) is 4.85. The van der Waals surface area contributed by atoms with Gasteiger partial charge in [-0.2, -0.15) is 0 Å². The summed E-state index contributed by atoms with van der Waals surface area (Å²) in [7, 11) is 0. The smallest absolute Gasteiger partial charge is 0.118 e. The standard InChI is InChI=1S/C14H24FNO/c15-13(12-4-1-2-8-16-12)11-5-9-17-14(10-11)6-3-7-14/h11-13,16H,1-10H2. The molecule has 2 saturated heterocycles. The molecule has 0 bridgehead atoms. The molecule has 1 aliphatic carbocycles. The number of nitrogens with one attached hydrogen (secondary N) is 1. The molecule has 3 unspecified atom stereocenters. The number of piperidine rings is 1. The van der Waals surface area contributed by atoms with Crippen molar-refractivity contribution in [3.8, 4) is 0 Å². The number of halogens is 1. The van der Waals surface area contributed by atoms with Crippen molar-refractivity contribution in [2.45, 2.75) is 69.2 Å². The lowest BCUT2D eigenvalue weighted by Gasteiger charge is -2.48. The van der Waals surface area contributed by atoms with Gasteiger partial charge in [0.1, 0.15) is 6.17 Å². The minimum absolute atomic E-state index is 0.0852. The first kappa shape index (κ1) is 11.9. The molecule has 1 saturated carbocycles. The Kier molecular flexibility index (Phi) is 3.40. The van der Waals surface area contributed by atoms with Crippen LogP contribution >= 0.6 is 0 Å². The van der Waals surface area contributed by atoms with Gasteiger partial charge in [0.15, 0.2) is 0 Å². The summed E-state index contributed by atoms with van der Waals surface area (Å²) in [5.41, 5.74) is 0.0852. The zero-order valence-electron chi connectivity index (χ0n) is 10.6. The monoisotopic (exact) mass is 241 g/mol. The highest BCUT2D eigenvalue weighted by Gasteiger charge is 2.45. The van der Waals surface area contributed by atoms with Gasteiger partial charge in [0.25, 0.3) is 0 Å². The van der Waals surface area contributed by atoms with Crippen LogP contribution in [0.3, 0.4) is 0 Å². The number of hydrogen-bond acceptors (Lipinski definition) is 2. The Morgan fingerprint density at radius 1 is 1.18 bits per heavy atom. The van der Waals surface area contributed by atoms with Crippen LogP contribution in [0.25, 0.3) is 0 Å². The molecule has 98 valence electrons. The molecule has 3 rings (SSSR count). The fraction of sp³-hybridized carbons (Fsp3) is 1.00. The molecule has 3 heteroatoms. The molecule has 0 aromatic carbocycles. The molecule has 0 aromatic heterocycles. The largest absolute Gasteiger partial charge is 0.375 e. The van der Waals surface area contributed by atoms with Crippen LogP contribution in [0.4, 0.5) is 4.39 Å². The SMILES string of the molecule is FC(C1CCOC2(CCC2)C1)C1CCCCN1. The highest BCUT2D eigenvalue weighted by Crippen LogP contribution is 2.45. The minimum atomic E-state index is -0.656. The second-order valence-electron chi connectivity index (χ2n) is 6.14. The normalized spacial score (nSPS) is 38.6. The second-order valence-corrected chi connectivity index (χ2v) is 6.14. The predicted molar refractivity (Wildman–Crippen MR) is 65.8 cm³/mol. The van der Waals surface area contributed by atoms with Gasteiger partial charge in [-0.25, -0.2) is 4.39 Å². The van der Waals surface area contributed by atoms with Crippen LogP contribution in [-0.2, 0) is 4.74 Å². The van der Waals surface area contributed by atoms with Crippen LogP contribution in [0.1, 0.15) is 51.4 Å². The van der Waals surface area contributed by atoms with E-state index in [0.717, 1.165) is 45.3 Å². The Labute approximate surface area is 103 Å². The topological polar surface area (TPSA) is 21.3 Å². The fourth-order valence-corrected chi connectivity index (χ4v) is 3.74. The van der Waals surface area contributed by atoms with Gasteiger partial charge < -0.3 is 10.1 Å². The van der Waals surface area contributed by atoms with Crippen LogP contribution in [0, 0.1) is 5.92 Å². The van der Waals surface area contributed by atoms with Crippen molar-refractivity contribution in [2.75, 3.05) is 13.2 Å². The Balaban J connectivity index is 1.58. The highest BCUT2D eigenvalue weighted by atomic mass is 19.1. The highest BCUT2D eigenvalue weighted by molar-refractivity contribution is 4.97. The number of ether oxygens (including phenoxy) is 1. The molecule has 3 aliphatic rings. The zero-order valence-corrected chi connectivity index (χ0v) is 10.6. The van der Waals surface area contributed by atoms with Crippen molar-refractivity contribution in [1.29, 1.82) is 0 Å². The van der Waals surface area contributed by atoms with Gasteiger partial charge in [0.2, 0.25) is 0 Å². The molecule has 17 heavy (non-hydrogen) atoms. The average molecular weight is 241 g/mol. The van der Waals surface area contributed by atoms with Gasteiger partial charge >= 0.3 is 0 Å². The van der Waals surface area contributed by atoms with E-state index in [2.05, 4.69) is 5.32 Å². The summed E-state index contributed by atoms with van der Waals surface area (Å²) in [5.74, 6) is 0.236. The van der Waals surface area contributed by atoms with Crippen LogP contribution in [0.5, 0.6) is 0 Å². The summed E-state index contributed by atoms with van der Waals surface area (Å²) < 4.78 is 20.4. The molecule has 3 fully saturated rings. The van der Waals surface area contributed by atoms with Crippen LogP contribution in [-0.4, -0.2) is 31.0 Å². The van der Waals surface area contributed by atoms with E-state index in [1.165, 1.54) is 19.3 Å². The molecule has 3 atom stereocenters. The van der Waals surface area contributed by atoms with E-state index < -0.39 is 6.17 Å². The minimum Gasteiger partial charge on any atom is -0.375 e. The van der Waals surface area contributed by atoms with Gasteiger partial charge in [0, 0.05) is 12.6 Å². The van der Waals surface area contributed by atoms with E-state index in [-0.39, 0.29) is 17.6 Å². The number of alkyl halides is 1. The molecule has 1 spiro atoms. The van der Waals surface area contributed by atoms with Crippen LogP contribution in [0.15, 0.2) is 0 Å². The van der Waals surface area contributed by atoms with E-state index in [9.17, 15) is 4.39 Å². The van der Waals surface area contributed by atoms with Gasteiger partial charge in [-0.05, 0) is 57.4 Å². The molecule has 0 amide bonds. The molecule has 0 radical (unpaired) electrons. The van der Waals surface area contributed by atoms with E-state index in [1.54, 1.807) is 0 Å². The van der Waals surface area contributed by atoms with Gasteiger partial charge in [-0.15, -0.1) is 0 Å². The third kappa shape index (κ3) is 2.37. The maximum atomic E-state index is 14.6.